The second-order valence-corrected chi connectivity index (χ2v) is 11.3. The molecule has 0 bridgehead atoms. The Morgan fingerprint density at radius 1 is 1.06 bits per heavy atom. The van der Waals surface area contributed by atoms with E-state index >= 15 is 0 Å². The van der Waals surface area contributed by atoms with E-state index in [1.54, 1.807) is 44.2 Å². The number of aryl methyl sites for hydroxylation is 2. The van der Waals surface area contributed by atoms with Gasteiger partial charge in [0.15, 0.2) is 0 Å². The number of sulfonamides is 1. The minimum absolute atomic E-state index is 0.0686. The summed E-state index contributed by atoms with van der Waals surface area (Å²) in [6, 6.07) is 11.7. The van der Waals surface area contributed by atoms with Crippen molar-refractivity contribution in [3.63, 3.8) is 0 Å². The van der Waals surface area contributed by atoms with Crippen LogP contribution in [0.3, 0.4) is 0 Å². The summed E-state index contributed by atoms with van der Waals surface area (Å²) in [7, 11) is -3.78. The van der Waals surface area contributed by atoms with Gasteiger partial charge in [0.05, 0.1) is 11.9 Å². The number of rotatable bonds is 10. The lowest BCUT2D eigenvalue weighted by molar-refractivity contribution is -0.139. The summed E-state index contributed by atoms with van der Waals surface area (Å²) in [6.45, 7) is 9.34. The molecular formula is C25H34ClN3O4S. The fourth-order valence-electron chi connectivity index (χ4n) is 3.43. The lowest BCUT2D eigenvalue weighted by Gasteiger charge is -2.32. The Hall–Kier alpha value is -2.58. The van der Waals surface area contributed by atoms with Crippen LogP contribution in [0.4, 0.5) is 5.69 Å². The van der Waals surface area contributed by atoms with Gasteiger partial charge in [-0.1, -0.05) is 55.8 Å². The van der Waals surface area contributed by atoms with Crippen LogP contribution in [-0.2, 0) is 26.2 Å². The second-order valence-electron chi connectivity index (χ2n) is 8.99. The first-order valence-corrected chi connectivity index (χ1v) is 13.4. The van der Waals surface area contributed by atoms with E-state index in [2.05, 4.69) is 5.32 Å². The molecule has 7 nitrogen and oxygen atoms in total. The summed E-state index contributed by atoms with van der Waals surface area (Å²) in [6.07, 6.45) is 1.07. The molecule has 0 radical (unpaired) electrons. The molecule has 2 rings (SSSR count). The van der Waals surface area contributed by atoms with E-state index in [0.717, 1.165) is 21.7 Å². The Kier molecular flexibility index (Phi) is 9.53. The number of benzene rings is 2. The highest BCUT2D eigenvalue weighted by Crippen LogP contribution is 2.25. The fraction of sp³-hybridized carbons (Fsp3) is 0.440. The average molecular weight is 508 g/mol. The van der Waals surface area contributed by atoms with E-state index in [4.69, 9.17) is 11.6 Å². The van der Waals surface area contributed by atoms with E-state index in [1.165, 1.54) is 4.90 Å². The van der Waals surface area contributed by atoms with Crippen molar-refractivity contribution in [2.45, 2.75) is 47.2 Å². The highest BCUT2D eigenvalue weighted by molar-refractivity contribution is 7.92. The molecule has 2 aromatic rings. The Balaban J connectivity index is 2.43. The first-order chi connectivity index (χ1) is 15.8. The van der Waals surface area contributed by atoms with Crippen LogP contribution in [0.1, 0.15) is 37.5 Å². The van der Waals surface area contributed by atoms with Gasteiger partial charge in [-0.3, -0.25) is 13.9 Å². The third-order valence-corrected chi connectivity index (χ3v) is 6.96. The van der Waals surface area contributed by atoms with Gasteiger partial charge in [0, 0.05) is 18.1 Å². The summed E-state index contributed by atoms with van der Waals surface area (Å²) in [5.74, 6) is -0.570. The van der Waals surface area contributed by atoms with E-state index in [9.17, 15) is 18.0 Å². The van der Waals surface area contributed by atoms with Gasteiger partial charge in [-0.05, 0) is 55.5 Å². The number of carbonyl (C=O) groups excluding carboxylic acids is 2. The number of nitrogens with zero attached hydrogens (tertiary/aromatic N) is 2. The van der Waals surface area contributed by atoms with Gasteiger partial charge >= 0.3 is 0 Å². The van der Waals surface area contributed by atoms with Crippen LogP contribution in [0, 0.1) is 19.8 Å². The number of hydrogen-bond acceptors (Lipinski definition) is 4. The monoisotopic (exact) mass is 507 g/mol. The Morgan fingerprint density at radius 3 is 2.29 bits per heavy atom. The van der Waals surface area contributed by atoms with Crippen molar-refractivity contribution in [1.29, 1.82) is 0 Å². The summed E-state index contributed by atoms with van der Waals surface area (Å²) < 4.78 is 26.5. The number of carbonyl (C=O) groups is 2. The van der Waals surface area contributed by atoms with E-state index in [0.29, 0.717) is 22.8 Å². The van der Waals surface area contributed by atoms with Gasteiger partial charge in [-0.25, -0.2) is 8.42 Å². The molecule has 0 aromatic heterocycles. The molecule has 1 N–H and O–H groups in total. The standard InChI is InChI=1S/C25H34ClN3O4S/c1-17(2)14-27-25(31)20(5)28(15-21-9-7-8-10-22(21)26)24(30)16-29(34(6,32)33)23-13-18(3)11-12-19(23)4/h7-13,17,20H,14-16H2,1-6H3,(H,27,31). The minimum Gasteiger partial charge on any atom is -0.354 e. The second kappa shape index (κ2) is 11.7. The maximum Gasteiger partial charge on any atom is 0.244 e. The third-order valence-electron chi connectivity index (χ3n) is 5.46. The van der Waals surface area contributed by atoms with E-state index in [1.807, 2.05) is 32.9 Å². The van der Waals surface area contributed by atoms with Crippen molar-refractivity contribution in [3.8, 4) is 0 Å². The van der Waals surface area contributed by atoms with Crippen molar-refractivity contribution < 1.29 is 18.0 Å². The van der Waals surface area contributed by atoms with Crippen molar-refractivity contribution in [3.05, 3.63) is 64.2 Å². The Morgan fingerprint density at radius 2 is 1.71 bits per heavy atom. The number of hydrogen-bond donors (Lipinski definition) is 1. The van der Waals surface area contributed by atoms with Crippen LogP contribution < -0.4 is 9.62 Å². The molecule has 0 saturated heterocycles. The quantitative estimate of drug-likeness (QED) is 0.528. The lowest BCUT2D eigenvalue weighted by Crippen LogP contribution is -2.51. The zero-order valence-corrected chi connectivity index (χ0v) is 22.2. The van der Waals surface area contributed by atoms with Crippen LogP contribution in [0.5, 0.6) is 0 Å². The highest BCUT2D eigenvalue weighted by atomic mass is 35.5. The summed E-state index contributed by atoms with van der Waals surface area (Å²) in [5.41, 5.74) is 2.70. The number of nitrogens with one attached hydrogen (secondary N) is 1. The summed E-state index contributed by atoms with van der Waals surface area (Å²) in [5, 5.41) is 3.31. The molecule has 0 aliphatic heterocycles. The van der Waals surface area contributed by atoms with Crippen molar-refractivity contribution in [2.75, 3.05) is 23.7 Å². The lowest BCUT2D eigenvalue weighted by atomic mass is 10.1. The molecular weight excluding hydrogens is 474 g/mol. The summed E-state index contributed by atoms with van der Waals surface area (Å²) >= 11 is 6.33. The zero-order valence-electron chi connectivity index (χ0n) is 20.6. The highest BCUT2D eigenvalue weighted by Gasteiger charge is 2.31. The van der Waals surface area contributed by atoms with Crippen molar-refractivity contribution in [1.82, 2.24) is 10.2 Å². The largest absolute Gasteiger partial charge is 0.354 e. The molecule has 2 aromatic carbocycles. The van der Waals surface area contributed by atoms with E-state index < -0.39 is 28.5 Å². The third kappa shape index (κ3) is 7.46. The molecule has 0 aliphatic rings. The van der Waals surface area contributed by atoms with Gasteiger partial charge < -0.3 is 10.2 Å². The number of anilines is 1. The molecule has 9 heteroatoms. The molecule has 1 atom stereocenters. The minimum atomic E-state index is -3.78. The molecule has 0 heterocycles. The van der Waals surface area contributed by atoms with Crippen LogP contribution in [0.2, 0.25) is 5.02 Å². The van der Waals surface area contributed by atoms with Gasteiger partial charge in [0.2, 0.25) is 21.8 Å². The normalized spacial score (nSPS) is 12.4. The van der Waals surface area contributed by atoms with Crippen LogP contribution in [0.15, 0.2) is 42.5 Å². The van der Waals surface area contributed by atoms with Crippen LogP contribution in [0.25, 0.3) is 0 Å². The molecule has 0 aliphatic carbocycles. The zero-order chi connectivity index (χ0) is 25.6. The van der Waals surface area contributed by atoms with Gasteiger partial charge in [0.1, 0.15) is 12.6 Å². The predicted molar refractivity (Wildman–Crippen MR) is 137 cm³/mol. The topological polar surface area (TPSA) is 86.8 Å². The van der Waals surface area contributed by atoms with Crippen LogP contribution in [-0.4, -0.2) is 50.5 Å². The average Bonchev–Trinajstić information content (AvgIpc) is 2.75. The molecule has 2 amide bonds. The molecule has 0 saturated carbocycles. The van der Waals surface area contributed by atoms with Gasteiger partial charge in [0.25, 0.3) is 0 Å². The molecule has 186 valence electrons. The van der Waals surface area contributed by atoms with Crippen LogP contribution >= 0.6 is 11.6 Å². The maximum absolute atomic E-state index is 13.6. The van der Waals surface area contributed by atoms with Gasteiger partial charge in [-0.15, -0.1) is 0 Å². The van der Waals surface area contributed by atoms with Gasteiger partial charge in [-0.2, -0.15) is 0 Å². The molecule has 1 unspecified atom stereocenters. The summed E-state index contributed by atoms with van der Waals surface area (Å²) in [4.78, 5) is 27.8. The Bertz CT molecular complexity index is 1130. The molecule has 0 fully saturated rings. The first-order valence-electron chi connectivity index (χ1n) is 11.2. The SMILES string of the molecule is Cc1ccc(C)c(N(CC(=O)N(Cc2ccccc2Cl)C(C)C(=O)NCC(C)C)S(C)(=O)=O)c1. The predicted octanol–water partition coefficient (Wildman–Crippen LogP) is 3.91. The maximum atomic E-state index is 13.6. The smallest absolute Gasteiger partial charge is 0.244 e. The number of halogens is 1. The fourth-order valence-corrected chi connectivity index (χ4v) is 4.52. The molecule has 34 heavy (non-hydrogen) atoms. The van der Waals surface area contributed by atoms with Crippen molar-refractivity contribution in [2.24, 2.45) is 5.92 Å². The Labute approximate surface area is 208 Å². The first kappa shape index (κ1) is 27.7. The number of amides is 2. The van der Waals surface area contributed by atoms with Crippen molar-refractivity contribution >= 4 is 39.1 Å². The molecule has 0 spiro atoms. The van der Waals surface area contributed by atoms with E-state index in [-0.39, 0.29) is 18.4 Å².